The fourth-order valence-corrected chi connectivity index (χ4v) is 1.76. The summed E-state index contributed by atoms with van der Waals surface area (Å²) in [6.45, 7) is 1.36. The van der Waals surface area contributed by atoms with E-state index >= 15 is 0 Å². The van der Waals surface area contributed by atoms with Gasteiger partial charge in [0.25, 0.3) is 0 Å². The highest BCUT2D eigenvalue weighted by Gasteiger charge is 2.12. The number of nitrogens with two attached hydrogens (primary N) is 1. The summed E-state index contributed by atoms with van der Waals surface area (Å²) in [5.41, 5.74) is 6.71. The second-order valence-corrected chi connectivity index (χ2v) is 3.93. The highest BCUT2D eigenvalue weighted by Crippen LogP contribution is 2.28. The highest BCUT2D eigenvalue weighted by atomic mass is 35.5. The number of anilines is 1. The van der Waals surface area contributed by atoms with Crippen LogP contribution in [0.2, 0.25) is 5.02 Å². The molecule has 4 nitrogen and oxygen atoms in total. The predicted molar refractivity (Wildman–Crippen MR) is 62.6 cm³/mol. The van der Waals surface area contributed by atoms with Crippen LogP contribution in [0.4, 0.5) is 5.69 Å². The molecule has 1 aromatic carbocycles. The average molecular weight is 240 g/mol. The van der Waals surface area contributed by atoms with Crippen LogP contribution in [-0.4, -0.2) is 5.11 Å². The molecule has 0 aliphatic rings. The third-order valence-corrected chi connectivity index (χ3v) is 2.87. The summed E-state index contributed by atoms with van der Waals surface area (Å²) in [6, 6.07) is 3.07. The van der Waals surface area contributed by atoms with Crippen LogP contribution in [0.3, 0.4) is 0 Å². The van der Waals surface area contributed by atoms with Crippen molar-refractivity contribution in [2.24, 2.45) is 0 Å². The van der Waals surface area contributed by atoms with E-state index in [2.05, 4.69) is 0 Å². The Morgan fingerprint density at radius 2 is 2.19 bits per heavy atom. The number of halogens is 1. The van der Waals surface area contributed by atoms with E-state index in [1.807, 2.05) is 0 Å². The van der Waals surface area contributed by atoms with Crippen molar-refractivity contribution in [1.82, 2.24) is 0 Å². The number of aliphatic hydroxyl groups excluding tert-OH is 1. The Hall–Kier alpha value is -1.52. The quantitative estimate of drug-likeness (QED) is 0.588. The van der Waals surface area contributed by atoms with Crippen molar-refractivity contribution >= 4 is 28.3 Å². The Kier molecular flexibility index (Phi) is 2.61. The van der Waals surface area contributed by atoms with Gasteiger partial charge in [-0.2, -0.15) is 0 Å². The molecule has 3 N–H and O–H groups in total. The summed E-state index contributed by atoms with van der Waals surface area (Å²) >= 11 is 5.88. The third-order valence-electron chi connectivity index (χ3n) is 2.54. The second kappa shape index (κ2) is 3.81. The minimum Gasteiger partial charge on any atom is -0.422 e. The van der Waals surface area contributed by atoms with Crippen molar-refractivity contribution in [2.75, 3.05) is 5.73 Å². The molecular formula is C11H10ClNO3. The lowest BCUT2D eigenvalue weighted by Gasteiger charge is -2.07. The molecule has 0 amide bonds. The maximum atomic E-state index is 11.5. The van der Waals surface area contributed by atoms with E-state index in [0.29, 0.717) is 32.8 Å². The second-order valence-electron chi connectivity index (χ2n) is 3.52. The van der Waals surface area contributed by atoms with Crippen LogP contribution in [-0.2, 0) is 6.61 Å². The lowest BCUT2D eigenvalue weighted by atomic mass is 10.1. The largest absolute Gasteiger partial charge is 0.422 e. The molecule has 0 saturated carbocycles. The van der Waals surface area contributed by atoms with Crippen molar-refractivity contribution in [3.05, 3.63) is 38.7 Å². The van der Waals surface area contributed by atoms with Gasteiger partial charge in [-0.05, 0) is 18.6 Å². The smallest absolute Gasteiger partial charge is 0.339 e. The minimum absolute atomic E-state index is 0.242. The van der Waals surface area contributed by atoms with Crippen molar-refractivity contribution in [3.8, 4) is 0 Å². The van der Waals surface area contributed by atoms with Gasteiger partial charge in [0, 0.05) is 17.0 Å². The van der Waals surface area contributed by atoms with E-state index in [0.717, 1.165) is 0 Å². The van der Waals surface area contributed by atoms with Crippen LogP contribution >= 0.6 is 11.6 Å². The van der Waals surface area contributed by atoms with Crippen LogP contribution in [0.1, 0.15) is 11.1 Å². The number of fused-ring (bicyclic) bond motifs is 1. The van der Waals surface area contributed by atoms with E-state index in [9.17, 15) is 9.90 Å². The summed E-state index contributed by atoms with van der Waals surface area (Å²) in [5, 5.41) is 10.2. The Morgan fingerprint density at radius 1 is 1.50 bits per heavy atom. The molecule has 0 unspecified atom stereocenters. The fourth-order valence-electron chi connectivity index (χ4n) is 1.59. The zero-order chi connectivity index (χ0) is 11.9. The number of aliphatic hydroxyl groups is 1. The Balaban J connectivity index is 2.97. The molecule has 0 radical (unpaired) electrons. The summed E-state index contributed by atoms with van der Waals surface area (Å²) in [6.07, 6.45) is 0. The molecular weight excluding hydrogens is 230 g/mol. The molecule has 0 fully saturated rings. The van der Waals surface area contributed by atoms with Gasteiger partial charge in [-0.25, -0.2) is 4.79 Å². The molecule has 2 rings (SSSR count). The molecule has 0 bridgehead atoms. The van der Waals surface area contributed by atoms with E-state index in [4.69, 9.17) is 21.8 Å². The summed E-state index contributed by atoms with van der Waals surface area (Å²) in [7, 11) is 0. The molecule has 1 heterocycles. The Labute approximate surface area is 96.2 Å². The monoisotopic (exact) mass is 239 g/mol. The minimum atomic E-state index is -0.474. The van der Waals surface area contributed by atoms with Gasteiger partial charge in [-0.3, -0.25) is 0 Å². The molecule has 1 aromatic heterocycles. The van der Waals surface area contributed by atoms with Gasteiger partial charge < -0.3 is 15.3 Å². The Morgan fingerprint density at radius 3 is 2.81 bits per heavy atom. The lowest BCUT2D eigenvalue weighted by molar-refractivity contribution is 0.281. The van der Waals surface area contributed by atoms with Gasteiger partial charge in [0.1, 0.15) is 5.58 Å². The van der Waals surface area contributed by atoms with Gasteiger partial charge in [0.2, 0.25) is 0 Å². The first-order chi connectivity index (χ1) is 7.54. The van der Waals surface area contributed by atoms with Crippen LogP contribution < -0.4 is 11.4 Å². The molecule has 2 aromatic rings. The van der Waals surface area contributed by atoms with Crippen molar-refractivity contribution in [1.29, 1.82) is 0 Å². The number of benzene rings is 1. The lowest BCUT2D eigenvalue weighted by Crippen LogP contribution is -2.08. The molecule has 84 valence electrons. The molecule has 16 heavy (non-hydrogen) atoms. The van der Waals surface area contributed by atoms with Gasteiger partial charge in [0.05, 0.1) is 17.3 Å². The Bertz CT molecular complexity index is 619. The molecule has 0 atom stereocenters. The molecule has 0 aliphatic heterocycles. The third kappa shape index (κ3) is 1.56. The highest BCUT2D eigenvalue weighted by molar-refractivity contribution is 6.33. The topological polar surface area (TPSA) is 76.5 Å². The average Bonchev–Trinajstić information content (AvgIpc) is 2.24. The van der Waals surface area contributed by atoms with Gasteiger partial charge >= 0.3 is 5.63 Å². The first kappa shape index (κ1) is 11.0. The molecule has 0 aliphatic carbocycles. The van der Waals surface area contributed by atoms with E-state index in [-0.39, 0.29) is 6.61 Å². The van der Waals surface area contributed by atoms with Crippen molar-refractivity contribution < 1.29 is 9.52 Å². The standard InChI is InChI=1S/C11H10ClNO3/c1-5-7(4-14)6-2-8(12)9(13)3-10(6)16-11(5)15/h2-3,14H,4,13H2,1H3. The number of rotatable bonds is 1. The van der Waals surface area contributed by atoms with Gasteiger partial charge in [-0.1, -0.05) is 11.6 Å². The van der Waals surface area contributed by atoms with Crippen LogP contribution in [0.25, 0.3) is 11.0 Å². The predicted octanol–water partition coefficient (Wildman–Crippen LogP) is 1.83. The van der Waals surface area contributed by atoms with E-state index in [1.54, 1.807) is 13.0 Å². The molecule has 0 saturated heterocycles. The van der Waals surface area contributed by atoms with Crippen molar-refractivity contribution in [3.63, 3.8) is 0 Å². The molecule has 5 heteroatoms. The zero-order valence-corrected chi connectivity index (χ0v) is 9.34. The fraction of sp³-hybridized carbons (Fsp3) is 0.182. The summed E-state index contributed by atoms with van der Waals surface area (Å²) in [5.74, 6) is 0. The van der Waals surface area contributed by atoms with Gasteiger partial charge in [0.15, 0.2) is 0 Å². The van der Waals surface area contributed by atoms with Crippen LogP contribution in [0.5, 0.6) is 0 Å². The number of hydrogen-bond donors (Lipinski definition) is 2. The van der Waals surface area contributed by atoms with Crippen LogP contribution in [0.15, 0.2) is 21.3 Å². The summed E-state index contributed by atoms with van der Waals surface area (Å²) < 4.78 is 5.07. The zero-order valence-electron chi connectivity index (χ0n) is 8.58. The number of nitrogen functional groups attached to an aromatic ring is 1. The van der Waals surface area contributed by atoms with E-state index in [1.165, 1.54) is 6.07 Å². The maximum Gasteiger partial charge on any atom is 0.339 e. The normalized spacial score (nSPS) is 10.9. The maximum absolute atomic E-state index is 11.5. The van der Waals surface area contributed by atoms with Gasteiger partial charge in [-0.15, -0.1) is 0 Å². The molecule has 0 spiro atoms. The van der Waals surface area contributed by atoms with E-state index < -0.39 is 5.63 Å². The number of hydrogen-bond acceptors (Lipinski definition) is 4. The van der Waals surface area contributed by atoms with Crippen molar-refractivity contribution in [2.45, 2.75) is 13.5 Å². The first-order valence-corrected chi connectivity index (χ1v) is 5.04. The van der Waals surface area contributed by atoms with Crippen LogP contribution in [0, 0.1) is 6.92 Å². The SMILES string of the molecule is Cc1c(CO)c2cc(Cl)c(N)cc2oc1=O. The first-order valence-electron chi connectivity index (χ1n) is 4.66. The summed E-state index contributed by atoms with van der Waals surface area (Å²) in [4.78, 5) is 11.5.